The van der Waals surface area contributed by atoms with E-state index in [4.69, 9.17) is 11.6 Å². The van der Waals surface area contributed by atoms with E-state index >= 15 is 0 Å². The number of hydrogen-bond acceptors (Lipinski definition) is 3. The van der Waals surface area contributed by atoms with Crippen molar-refractivity contribution in [1.29, 1.82) is 0 Å². The molecule has 0 saturated heterocycles. The highest BCUT2D eigenvalue weighted by Gasteiger charge is 2.16. The van der Waals surface area contributed by atoms with Crippen molar-refractivity contribution in [3.8, 4) is 0 Å². The molecule has 3 nitrogen and oxygen atoms in total. The molecule has 1 heterocycles. The number of carbonyl (C=O) groups is 1. The third-order valence-corrected chi connectivity index (χ3v) is 6.80. The summed E-state index contributed by atoms with van der Waals surface area (Å²) in [5.41, 5.74) is 2.79. The largest absolute Gasteiger partial charge is 0.326 e. The zero-order valence-corrected chi connectivity index (χ0v) is 19.3. The van der Waals surface area contributed by atoms with E-state index in [0.29, 0.717) is 27.4 Å². The molecule has 1 aromatic heterocycles. The summed E-state index contributed by atoms with van der Waals surface area (Å²) in [4.78, 5) is 25.8. The van der Waals surface area contributed by atoms with Crippen LogP contribution in [-0.2, 0) is 11.2 Å². The van der Waals surface area contributed by atoms with Gasteiger partial charge in [0.25, 0.3) is 0 Å². The highest BCUT2D eigenvalue weighted by Crippen LogP contribution is 2.29. The molecule has 0 saturated carbocycles. The Morgan fingerprint density at radius 3 is 2.26 bits per heavy atom. The number of amides is 1. The lowest BCUT2D eigenvalue weighted by Gasteiger charge is -2.14. The number of anilines is 1. The molecule has 0 bridgehead atoms. The van der Waals surface area contributed by atoms with Crippen LogP contribution in [0.25, 0.3) is 20.2 Å². The van der Waals surface area contributed by atoms with E-state index in [1.165, 1.54) is 16.9 Å². The highest BCUT2D eigenvalue weighted by molar-refractivity contribution is 7.24. The first-order valence-electron chi connectivity index (χ1n) is 10.4. The van der Waals surface area contributed by atoms with Gasteiger partial charge < -0.3 is 5.32 Å². The first-order chi connectivity index (χ1) is 14.8. The van der Waals surface area contributed by atoms with Crippen molar-refractivity contribution in [1.82, 2.24) is 0 Å². The second kappa shape index (κ2) is 8.81. The summed E-state index contributed by atoms with van der Waals surface area (Å²) in [6.07, 6.45) is 1.02. The second-order valence-corrected chi connectivity index (χ2v) is 9.85. The molecule has 0 aliphatic rings. The number of nitrogens with one attached hydrogen (secondary N) is 1. The fourth-order valence-corrected chi connectivity index (χ4v) is 4.93. The lowest BCUT2D eigenvalue weighted by atomic mass is 9.96. The Morgan fingerprint density at radius 1 is 0.935 bits per heavy atom. The number of carbonyl (C=O) groups excluding carboxylic acids is 1. The summed E-state index contributed by atoms with van der Waals surface area (Å²) >= 11 is 7.62. The van der Waals surface area contributed by atoms with Gasteiger partial charge in [-0.15, -0.1) is 11.3 Å². The Labute approximate surface area is 190 Å². The van der Waals surface area contributed by atoms with Crippen LogP contribution in [0.5, 0.6) is 0 Å². The Kier molecular flexibility index (Phi) is 6.12. The maximum Gasteiger partial charge on any atom is 0.231 e. The van der Waals surface area contributed by atoms with Crippen molar-refractivity contribution in [2.45, 2.75) is 33.1 Å². The molecule has 4 aromatic rings. The Morgan fingerprint density at radius 2 is 1.58 bits per heavy atom. The van der Waals surface area contributed by atoms with Gasteiger partial charge in [-0.1, -0.05) is 49.7 Å². The average Bonchev–Trinajstić information content (AvgIpc) is 2.74. The predicted molar refractivity (Wildman–Crippen MR) is 133 cm³/mol. The zero-order valence-electron chi connectivity index (χ0n) is 17.7. The molecule has 3 aromatic carbocycles. The van der Waals surface area contributed by atoms with Crippen LogP contribution in [0.1, 0.15) is 37.8 Å². The van der Waals surface area contributed by atoms with Gasteiger partial charge >= 0.3 is 0 Å². The molecule has 0 unspecified atom stereocenters. The normalized spacial score (nSPS) is 12.4. The molecule has 4 rings (SSSR count). The van der Waals surface area contributed by atoms with Gasteiger partial charge in [-0.25, -0.2) is 0 Å². The third-order valence-electron chi connectivity index (χ3n) is 5.41. The third kappa shape index (κ3) is 4.65. The van der Waals surface area contributed by atoms with Crippen molar-refractivity contribution in [3.05, 3.63) is 87.0 Å². The maximum atomic E-state index is 13.0. The number of benzene rings is 3. The molecule has 5 heteroatoms. The van der Waals surface area contributed by atoms with E-state index in [2.05, 4.69) is 31.3 Å². The van der Waals surface area contributed by atoms with Gasteiger partial charge in [-0.3, -0.25) is 9.59 Å². The first-order valence-corrected chi connectivity index (χ1v) is 11.6. The standard InChI is InChI=1S/C26H24ClNO2S/c1-15(2)12-17-4-6-18(7-5-17)16(3)26(30)28-20-9-11-24-22(14-20)25(29)21-13-19(27)8-10-23(21)31-24/h4-11,13-16H,12H2,1-3H3,(H,28,30)/t16-/m0/s1. The molecule has 0 fully saturated rings. The topological polar surface area (TPSA) is 46.2 Å². The molecular weight excluding hydrogens is 426 g/mol. The SMILES string of the molecule is CC(C)Cc1ccc([C@H](C)C(=O)Nc2ccc3sc4ccc(Cl)cc4c(=O)c3c2)cc1. The van der Waals surface area contributed by atoms with Crippen LogP contribution in [0, 0.1) is 5.92 Å². The Hall–Kier alpha value is -2.69. The molecule has 1 amide bonds. The zero-order chi connectivity index (χ0) is 22.1. The molecule has 0 aliphatic heterocycles. The van der Waals surface area contributed by atoms with E-state index in [9.17, 15) is 9.59 Å². The van der Waals surface area contributed by atoms with Crippen LogP contribution in [0.2, 0.25) is 5.02 Å². The molecule has 31 heavy (non-hydrogen) atoms. The van der Waals surface area contributed by atoms with Gasteiger partial charge in [0.15, 0.2) is 5.43 Å². The van der Waals surface area contributed by atoms with Gasteiger partial charge in [0.05, 0.1) is 5.92 Å². The highest BCUT2D eigenvalue weighted by atomic mass is 35.5. The number of fused-ring (bicyclic) bond motifs is 2. The Balaban J connectivity index is 1.58. The fraction of sp³-hybridized carbons (Fsp3) is 0.231. The van der Waals surface area contributed by atoms with Crippen LogP contribution < -0.4 is 10.7 Å². The molecule has 1 N–H and O–H groups in total. The van der Waals surface area contributed by atoms with E-state index < -0.39 is 0 Å². The van der Waals surface area contributed by atoms with Crippen molar-refractivity contribution < 1.29 is 4.79 Å². The number of halogens is 1. The maximum absolute atomic E-state index is 13.0. The van der Waals surface area contributed by atoms with Crippen LogP contribution in [0.3, 0.4) is 0 Å². The van der Waals surface area contributed by atoms with Crippen molar-refractivity contribution >= 4 is 54.7 Å². The van der Waals surface area contributed by atoms with E-state index in [1.807, 2.05) is 37.3 Å². The van der Waals surface area contributed by atoms with Crippen molar-refractivity contribution in [2.24, 2.45) is 5.92 Å². The second-order valence-electron chi connectivity index (χ2n) is 8.33. The Bertz CT molecular complexity index is 1330. The molecule has 0 radical (unpaired) electrons. The summed E-state index contributed by atoms with van der Waals surface area (Å²) in [6.45, 7) is 6.28. The number of hydrogen-bond donors (Lipinski definition) is 1. The number of rotatable bonds is 5. The van der Waals surface area contributed by atoms with Crippen LogP contribution >= 0.6 is 22.9 Å². The van der Waals surface area contributed by atoms with E-state index in [-0.39, 0.29) is 17.3 Å². The molecule has 0 spiro atoms. The molecule has 158 valence electrons. The fourth-order valence-electron chi connectivity index (χ4n) is 3.72. The predicted octanol–water partition coefficient (Wildman–Crippen LogP) is 7.01. The molecule has 1 atom stereocenters. The van der Waals surface area contributed by atoms with Gasteiger partial charge in [-0.05, 0) is 66.8 Å². The summed E-state index contributed by atoms with van der Waals surface area (Å²) < 4.78 is 1.78. The minimum atomic E-state index is -0.297. The van der Waals surface area contributed by atoms with Crippen LogP contribution in [0.15, 0.2) is 65.5 Å². The monoisotopic (exact) mass is 449 g/mol. The minimum Gasteiger partial charge on any atom is -0.326 e. The van der Waals surface area contributed by atoms with Gasteiger partial charge in [0.1, 0.15) is 0 Å². The van der Waals surface area contributed by atoms with Crippen molar-refractivity contribution in [2.75, 3.05) is 5.32 Å². The first kappa shape index (κ1) is 21.5. The summed E-state index contributed by atoms with van der Waals surface area (Å²) in [5, 5.41) is 4.69. The average molecular weight is 450 g/mol. The van der Waals surface area contributed by atoms with Gasteiger partial charge in [0, 0.05) is 30.9 Å². The quantitative estimate of drug-likeness (QED) is 0.333. The van der Waals surface area contributed by atoms with Crippen molar-refractivity contribution in [3.63, 3.8) is 0 Å². The van der Waals surface area contributed by atoms with Gasteiger partial charge in [0.2, 0.25) is 5.91 Å². The van der Waals surface area contributed by atoms with Crippen LogP contribution in [-0.4, -0.2) is 5.91 Å². The van der Waals surface area contributed by atoms with E-state index in [1.54, 1.807) is 18.2 Å². The lowest BCUT2D eigenvalue weighted by Crippen LogP contribution is -2.19. The smallest absolute Gasteiger partial charge is 0.231 e. The lowest BCUT2D eigenvalue weighted by molar-refractivity contribution is -0.117. The molecular formula is C26H24ClNO2S. The summed E-state index contributed by atoms with van der Waals surface area (Å²) in [5.74, 6) is 0.198. The minimum absolute atomic E-state index is 0.0730. The summed E-state index contributed by atoms with van der Waals surface area (Å²) in [7, 11) is 0. The van der Waals surface area contributed by atoms with E-state index in [0.717, 1.165) is 21.4 Å². The molecule has 0 aliphatic carbocycles. The summed E-state index contributed by atoms with van der Waals surface area (Å²) in [6, 6.07) is 19.1. The van der Waals surface area contributed by atoms with Gasteiger partial charge in [-0.2, -0.15) is 0 Å². The van der Waals surface area contributed by atoms with Crippen LogP contribution in [0.4, 0.5) is 5.69 Å².